The van der Waals surface area contributed by atoms with Crippen molar-refractivity contribution in [1.82, 2.24) is 5.32 Å². The Kier molecular flexibility index (Phi) is 5.61. The van der Waals surface area contributed by atoms with Crippen molar-refractivity contribution in [3.8, 4) is 5.75 Å². The van der Waals surface area contributed by atoms with Crippen LogP contribution < -0.4 is 5.32 Å². The van der Waals surface area contributed by atoms with Gasteiger partial charge in [0.1, 0.15) is 11.4 Å². The number of amides is 1. The minimum absolute atomic E-state index is 0.0151. The number of alkyl carbamates (subject to hydrolysis) is 1. The maximum absolute atomic E-state index is 11.9. The Morgan fingerprint density at radius 1 is 1.19 bits per heavy atom. The lowest BCUT2D eigenvalue weighted by Crippen LogP contribution is -2.45. The molecule has 118 valence electrons. The van der Waals surface area contributed by atoms with Crippen molar-refractivity contribution in [1.29, 1.82) is 0 Å². The number of ether oxygens (including phenoxy) is 1. The molecule has 1 aromatic carbocycles. The number of phenolic OH excluding ortho intramolecular Hbond substituents is 1. The fraction of sp³-hybridized carbons (Fsp3) is 0.562. The number of aliphatic hydroxyl groups excluding tert-OH is 1. The molecule has 0 aromatic heterocycles. The monoisotopic (exact) mass is 295 g/mol. The molecule has 1 amide bonds. The van der Waals surface area contributed by atoms with E-state index >= 15 is 0 Å². The number of rotatable bonds is 4. The van der Waals surface area contributed by atoms with Gasteiger partial charge in [0.25, 0.3) is 0 Å². The first kappa shape index (κ1) is 17.3. The number of hydrogen-bond donors (Lipinski definition) is 3. The molecular weight excluding hydrogens is 270 g/mol. The van der Waals surface area contributed by atoms with Crippen LogP contribution >= 0.6 is 0 Å². The molecule has 0 spiro atoms. The first-order valence-electron chi connectivity index (χ1n) is 7.06. The second-order valence-electron chi connectivity index (χ2n) is 6.45. The van der Waals surface area contributed by atoms with Crippen LogP contribution in [0.5, 0.6) is 5.75 Å². The van der Waals surface area contributed by atoms with Crippen molar-refractivity contribution in [3.63, 3.8) is 0 Å². The smallest absolute Gasteiger partial charge is 0.407 e. The molecule has 0 fully saturated rings. The van der Waals surface area contributed by atoms with Crippen LogP contribution in [0.2, 0.25) is 0 Å². The fourth-order valence-electron chi connectivity index (χ4n) is 1.93. The molecule has 0 saturated heterocycles. The highest BCUT2D eigenvalue weighted by atomic mass is 16.6. The van der Waals surface area contributed by atoms with Crippen molar-refractivity contribution in [3.05, 3.63) is 29.8 Å². The summed E-state index contributed by atoms with van der Waals surface area (Å²) in [6.45, 7) is 9.17. The van der Waals surface area contributed by atoms with Crippen molar-refractivity contribution < 1.29 is 19.7 Å². The summed E-state index contributed by atoms with van der Waals surface area (Å²) in [5.41, 5.74) is 0.0392. The lowest BCUT2D eigenvalue weighted by molar-refractivity contribution is 0.0374. The summed E-state index contributed by atoms with van der Waals surface area (Å²) in [4.78, 5) is 11.9. The van der Waals surface area contributed by atoms with Crippen LogP contribution in [0.3, 0.4) is 0 Å². The SMILES string of the molecule is CC(C)[C@H](NC(=O)OC(C)(C)C)[C@H](O)c1ccc(O)cc1. The van der Waals surface area contributed by atoms with E-state index in [1.54, 1.807) is 32.9 Å². The largest absolute Gasteiger partial charge is 0.508 e. The maximum atomic E-state index is 11.9. The van der Waals surface area contributed by atoms with Gasteiger partial charge < -0.3 is 20.3 Å². The van der Waals surface area contributed by atoms with E-state index in [0.717, 1.165) is 0 Å². The Morgan fingerprint density at radius 3 is 2.14 bits per heavy atom. The lowest BCUT2D eigenvalue weighted by atomic mass is 9.93. The Bertz CT molecular complexity index is 462. The molecule has 1 rings (SSSR count). The van der Waals surface area contributed by atoms with Crippen LogP contribution in [0.15, 0.2) is 24.3 Å². The van der Waals surface area contributed by atoms with Gasteiger partial charge in [0.2, 0.25) is 0 Å². The molecule has 2 atom stereocenters. The zero-order valence-electron chi connectivity index (χ0n) is 13.3. The maximum Gasteiger partial charge on any atom is 0.407 e. The van der Waals surface area contributed by atoms with Crippen LogP contribution in [0.1, 0.15) is 46.3 Å². The predicted octanol–water partition coefficient (Wildman–Crippen LogP) is 2.97. The van der Waals surface area contributed by atoms with Gasteiger partial charge in [0.15, 0.2) is 0 Å². The molecule has 0 heterocycles. The van der Waals surface area contributed by atoms with Crippen LogP contribution in [0.4, 0.5) is 4.79 Å². The number of carbonyl (C=O) groups excluding carboxylic acids is 1. The highest BCUT2D eigenvalue weighted by Crippen LogP contribution is 2.24. The summed E-state index contributed by atoms with van der Waals surface area (Å²) < 4.78 is 5.22. The van der Waals surface area contributed by atoms with Crippen molar-refractivity contribution in [2.24, 2.45) is 5.92 Å². The van der Waals surface area contributed by atoms with Gasteiger partial charge in [-0.2, -0.15) is 0 Å². The summed E-state index contributed by atoms with van der Waals surface area (Å²) in [5.74, 6) is 0.147. The summed E-state index contributed by atoms with van der Waals surface area (Å²) in [7, 11) is 0. The topological polar surface area (TPSA) is 78.8 Å². The van der Waals surface area contributed by atoms with Gasteiger partial charge in [-0.1, -0.05) is 26.0 Å². The molecule has 5 nitrogen and oxygen atoms in total. The summed E-state index contributed by atoms with van der Waals surface area (Å²) >= 11 is 0. The highest BCUT2D eigenvalue weighted by Gasteiger charge is 2.28. The molecule has 0 aliphatic carbocycles. The second kappa shape index (κ2) is 6.80. The molecule has 5 heteroatoms. The van der Waals surface area contributed by atoms with E-state index in [1.807, 2.05) is 13.8 Å². The van der Waals surface area contributed by atoms with Gasteiger partial charge in [0.05, 0.1) is 12.1 Å². The normalized spacial score (nSPS) is 14.6. The number of benzene rings is 1. The Labute approximate surface area is 125 Å². The van der Waals surface area contributed by atoms with Gasteiger partial charge in [-0.3, -0.25) is 0 Å². The van der Waals surface area contributed by atoms with E-state index in [1.165, 1.54) is 12.1 Å². The third kappa shape index (κ3) is 5.63. The molecule has 0 radical (unpaired) electrons. The van der Waals surface area contributed by atoms with E-state index in [9.17, 15) is 15.0 Å². The van der Waals surface area contributed by atoms with Gasteiger partial charge in [-0.15, -0.1) is 0 Å². The zero-order chi connectivity index (χ0) is 16.2. The van der Waals surface area contributed by atoms with E-state index in [-0.39, 0.29) is 11.7 Å². The number of aromatic hydroxyl groups is 1. The van der Waals surface area contributed by atoms with Crippen LogP contribution in [0, 0.1) is 5.92 Å². The number of nitrogens with one attached hydrogen (secondary N) is 1. The molecular formula is C16H25NO4. The van der Waals surface area contributed by atoms with Crippen molar-refractivity contribution in [2.45, 2.75) is 52.4 Å². The van der Waals surface area contributed by atoms with Crippen molar-refractivity contribution >= 4 is 6.09 Å². The first-order valence-corrected chi connectivity index (χ1v) is 7.06. The van der Waals surface area contributed by atoms with Crippen LogP contribution in [0.25, 0.3) is 0 Å². The quantitative estimate of drug-likeness (QED) is 0.798. The van der Waals surface area contributed by atoms with E-state index in [0.29, 0.717) is 5.56 Å². The molecule has 0 aliphatic heterocycles. The van der Waals surface area contributed by atoms with Gasteiger partial charge >= 0.3 is 6.09 Å². The predicted molar refractivity (Wildman–Crippen MR) is 81.1 cm³/mol. The summed E-state index contributed by atoms with van der Waals surface area (Å²) in [6, 6.07) is 5.79. The number of phenols is 1. The van der Waals surface area contributed by atoms with Crippen molar-refractivity contribution in [2.75, 3.05) is 0 Å². The van der Waals surface area contributed by atoms with E-state index < -0.39 is 23.8 Å². The molecule has 0 aliphatic rings. The molecule has 0 unspecified atom stereocenters. The summed E-state index contributed by atoms with van der Waals surface area (Å²) in [6.07, 6.45) is -1.43. The molecule has 0 saturated carbocycles. The average Bonchev–Trinajstić information content (AvgIpc) is 2.33. The Hall–Kier alpha value is -1.75. The second-order valence-corrected chi connectivity index (χ2v) is 6.45. The fourth-order valence-corrected chi connectivity index (χ4v) is 1.93. The highest BCUT2D eigenvalue weighted by molar-refractivity contribution is 5.68. The average molecular weight is 295 g/mol. The zero-order valence-corrected chi connectivity index (χ0v) is 13.3. The van der Waals surface area contributed by atoms with Gasteiger partial charge in [-0.25, -0.2) is 4.79 Å². The lowest BCUT2D eigenvalue weighted by Gasteiger charge is -2.29. The third-order valence-electron chi connectivity index (χ3n) is 2.98. The summed E-state index contributed by atoms with van der Waals surface area (Å²) in [5, 5.41) is 22.4. The molecule has 21 heavy (non-hydrogen) atoms. The molecule has 3 N–H and O–H groups in total. The Morgan fingerprint density at radius 2 is 1.71 bits per heavy atom. The number of aliphatic hydroxyl groups is 1. The third-order valence-corrected chi connectivity index (χ3v) is 2.98. The van der Waals surface area contributed by atoms with Crippen LogP contribution in [-0.4, -0.2) is 27.9 Å². The number of carbonyl (C=O) groups is 1. The molecule has 0 bridgehead atoms. The Balaban J connectivity index is 2.81. The minimum atomic E-state index is -0.877. The minimum Gasteiger partial charge on any atom is -0.508 e. The van der Waals surface area contributed by atoms with Crippen LogP contribution in [-0.2, 0) is 4.74 Å². The van der Waals surface area contributed by atoms with Gasteiger partial charge in [-0.05, 0) is 44.4 Å². The standard InChI is InChI=1S/C16H25NO4/c1-10(2)13(17-15(20)21-16(3,4)5)14(19)11-6-8-12(18)9-7-11/h6-10,13-14,18-19H,1-5H3,(H,17,20)/t13-,14+/m0/s1. The molecule has 1 aromatic rings. The first-order chi connectivity index (χ1) is 9.60. The van der Waals surface area contributed by atoms with Gasteiger partial charge in [0, 0.05) is 0 Å². The van der Waals surface area contributed by atoms with E-state index in [2.05, 4.69) is 5.32 Å². The number of hydrogen-bond acceptors (Lipinski definition) is 4. The van der Waals surface area contributed by atoms with E-state index in [4.69, 9.17) is 4.74 Å².